The summed E-state index contributed by atoms with van der Waals surface area (Å²) in [6.45, 7) is 4.51. The van der Waals surface area contributed by atoms with E-state index in [1.165, 1.54) is 11.8 Å². The number of amides is 1. The molecule has 4 rings (SSSR count). The Labute approximate surface area is 201 Å². The Balaban J connectivity index is 1.54. The Morgan fingerprint density at radius 3 is 2.55 bits per heavy atom. The molecule has 1 fully saturated rings. The summed E-state index contributed by atoms with van der Waals surface area (Å²) in [4.78, 5) is 14.4. The highest BCUT2D eigenvalue weighted by Gasteiger charge is 2.21. The second-order valence-corrected chi connectivity index (χ2v) is 8.76. The average Bonchev–Trinajstić information content (AvgIpc) is 3.26. The van der Waals surface area contributed by atoms with Gasteiger partial charge in [0.15, 0.2) is 11.0 Å². The van der Waals surface area contributed by atoms with Crippen molar-refractivity contribution in [2.45, 2.75) is 18.7 Å². The predicted molar refractivity (Wildman–Crippen MR) is 127 cm³/mol. The Bertz CT molecular complexity index is 1100. The van der Waals surface area contributed by atoms with Crippen molar-refractivity contribution in [3.8, 4) is 17.2 Å². The molecule has 0 saturated carbocycles. The summed E-state index contributed by atoms with van der Waals surface area (Å²) in [7, 11) is 1.62. The SMILES string of the molecule is COc1ccc(OCc2nnc(SCC(=O)N3CCOCC3)n2-c2ccc(C)c(Cl)c2)cc1. The summed E-state index contributed by atoms with van der Waals surface area (Å²) in [6, 6.07) is 13.1. The van der Waals surface area contributed by atoms with E-state index in [0.29, 0.717) is 48.1 Å². The van der Waals surface area contributed by atoms with Crippen molar-refractivity contribution in [2.24, 2.45) is 0 Å². The van der Waals surface area contributed by atoms with Crippen LogP contribution in [0.3, 0.4) is 0 Å². The fraction of sp³-hybridized carbons (Fsp3) is 0.348. The van der Waals surface area contributed by atoms with Gasteiger partial charge >= 0.3 is 0 Å². The minimum absolute atomic E-state index is 0.0517. The highest BCUT2D eigenvalue weighted by atomic mass is 35.5. The summed E-state index contributed by atoms with van der Waals surface area (Å²) >= 11 is 7.73. The van der Waals surface area contributed by atoms with Gasteiger partial charge < -0.3 is 19.1 Å². The molecular formula is C23H25ClN4O4S. The van der Waals surface area contributed by atoms with Crippen molar-refractivity contribution in [1.82, 2.24) is 19.7 Å². The fourth-order valence-electron chi connectivity index (χ4n) is 3.32. The van der Waals surface area contributed by atoms with Crippen molar-refractivity contribution in [1.29, 1.82) is 0 Å². The van der Waals surface area contributed by atoms with E-state index in [0.717, 1.165) is 17.0 Å². The van der Waals surface area contributed by atoms with E-state index < -0.39 is 0 Å². The number of carbonyl (C=O) groups excluding carboxylic acids is 1. The number of thioether (sulfide) groups is 1. The molecule has 1 amide bonds. The third-order valence-electron chi connectivity index (χ3n) is 5.23. The molecule has 1 aliphatic heterocycles. The number of morpholine rings is 1. The number of hydrogen-bond donors (Lipinski definition) is 0. The first kappa shape index (κ1) is 23.4. The molecule has 0 radical (unpaired) electrons. The van der Waals surface area contributed by atoms with Crippen LogP contribution >= 0.6 is 23.4 Å². The molecule has 174 valence electrons. The maximum Gasteiger partial charge on any atom is 0.233 e. The number of benzene rings is 2. The number of halogens is 1. The number of aromatic nitrogens is 3. The quantitative estimate of drug-likeness (QED) is 0.446. The predicted octanol–water partition coefficient (Wildman–Crippen LogP) is 3.77. The van der Waals surface area contributed by atoms with E-state index in [2.05, 4.69) is 10.2 Å². The van der Waals surface area contributed by atoms with Crippen molar-refractivity contribution in [3.63, 3.8) is 0 Å². The first-order chi connectivity index (χ1) is 16.0. The lowest BCUT2D eigenvalue weighted by molar-refractivity contribution is -0.132. The van der Waals surface area contributed by atoms with Gasteiger partial charge in [-0.15, -0.1) is 10.2 Å². The minimum Gasteiger partial charge on any atom is -0.497 e. The van der Waals surface area contributed by atoms with E-state index >= 15 is 0 Å². The molecule has 1 aromatic heterocycles. The Kier molecular flexibility index (Phi) is 7.74. The summed E-state index contributed by atoms with van der Waals surface area (Å²) in [5.41, 5.74) is 1.78. The van der Waals surface area contributed by atoms with E-state index in [1.54, 1.807) is 7.11 Å². The molecule has 0 aliphatic carbocycles. The smallest absolute Gasteiger partial charge is 0.233 e. The lowest BCUT2D eigenvalue weighted by atomic mass is 10.2. The molecule has 0 spiro atoms. The molecular weight excluding hydrogens is 464 g/mol. The number of carbonyl (C=O) groups is 1. The van der Waals surface area contributed by atoms with Gasteiger partial charge in [0.05, 0.1) is 31.8 Å². The van der Waals surface area contributed by atoms with Crippen LogP contribution in [0.15, 0.2) is 47.6 Å². The minimum atomic E-state index is 0.0517. The maximum absolute atomic E-state index is 12.6. The summed E-state index contributed by atoms with van der Waals surface area (Å²) in [5, 5.41) is 9.92. The van der Waals surface area contributed by atoms with Crippen LogP contribution in [0.4, 0.5) is 0 Å². The molecule has 0 bridgehead atoms. The number of rotatable bonds is 8. The molecule has 2 heterocycles. The van der Waals surface area contributed by atoms with Crippen LogP contribution in [0, 0.1) is 6.92 Å². The molecule has 3 aromatic rings. The van der Waals surface area contributed by atoms with E-state index in [4.69, 9.17) is 25.8 Å². The number of methoxy groups -OCH3 is 1. The Morgan fingerprint density at radius 1 is 1.12 bits per heavy atom. The Hall–Kier alpha value is -2.75. The van der Waals surface area contributed by atoms with Crippen LogP contribution in [0.2, 0.25) is 5.02 Å². The van der Waals surface area contributed by atoms with Crippen LogP contribution in [-0.4, -0.2) is 64.7 Å². The van der Waals surface area contributed by atoms with Crippen LogP contribution in [-0.2, 0) is 16.1 Å². The van der Waals surface area contributed by atoms with Gasteiger partial charge in [-0.2, -0.15) is 0 Å². The molecule has 1 aliphatic rings. The highest BCUT2D eigenvalue weighted by molar-refractivity contribution is 7.99. The second-order valence-electron chi connectivity index (χ2n) is 7.41. The first-order valence-corrected chi connectivity index (χ1v) is 11.9. The molecule has 0 unspecified atom stereocenters. The monoisotopic (exact) mass is 488 g/mol. The average molecular weight is 489 g/mol. The van der Waals surface area contributed by atoms with E-state index in [1.807, 2.05) is 58.9 Å². The summed E-state index contributed by atoms with van der Waals surface area (Å²) in [6.07, 6.45) is 0. The maximum atomic E-state index is 12.6. The summed E-state index contributed by atoms with van der Waals surface area (Å²) < 4.78 is 18.3. The molecule has 8 nitrogen and oxygen atoms in total. The lowest BCUT2D eigenvalue weighted by Gasteiger charge is -2.26. The number of hydrogen-bond acceptors (Lipinski definition) is 7. The zero-order valence-electron chi connectivity index (χ0n) is 18.5. The molecule has 0 N–H and O–H groups in total. The second kappa shape index (κ2) is 10.9. The fourth-order valence-corrected chi connectivity index (χ4v) is 4.37. The number of ether oxygens (including phenoxy) is 3. The molecule has 1 saturated heterocycles. The van der Waals surface area contributed by atoms with Gasteiger partial charge in [0, 0.05) is 18.1 Å². The van der Waals surface area contributed by atoms with Gasteiger partial charge in [0.1, 0.15) is 18.1 Å². The van der Waals surface area contributed by atoms with Gasteiger partial charge in [-0.1, -0.05) is 29.4 Å². The molecule has 2 aromatic carbocycles. The van der Waals surface area contributed by atoms with Crippen LogP contribution < -0.4 is 9.47 Å². The van der Waals surface area contributed by atoms with Crippen LogP contribution in [0.1, 0.15) is 11.4 Å². The van der Waals surface area contributed by atoms with Gasteiger partial charge in [0.2, 0.25) is 5.91 Å². The molecule has 33 heavy (non-hydrogen) atoms. The third-order valence-corrected chi connectivity index (χ3v) is 6.55. The van der Waals surface area contributed by atoms with Gasteiger partial charge in [-0.3, -0.25) is 9.36 Å². The zero-order chi connectivity index (χ0) is 23.2. The van der Waals surface area contributed by atoms with Crippen molar-refractivity contribution in [2.75, 3.05) is 39.2 Å². The van der Waals surface area contributed by atoms with Crippen molar-refractivity contribution >= 4 is 29.3 Å². The third kappa shape index (κ3) is 5.79. The molecule has 0 atom stereocenters. The van der Waals surface area contributed by atoms with Crippen LogP contribution in [0.25, 0.3) is 5.69 Å². The normalized spacial score (nSPS) is 13.7. The zero-order valence-corrected chi connectivity index (χ0v) is 20.1. The van der Waals surface area contributed by atoms with Gasteiger partial charge in [-0.25, -0.2) is 0 Å². The number of nitrogens with zero attached hydrogens (tertiary/aromatic N) is 4. The topological polar surface area (TPSA) is 78.7 Å². The van der Waals surface area contributed by atoms with Crippen LogP contribution in [0.5, 0.6) is 11.5 Å². The largest absolute Gasteiger partial charge is 0.497 e. The van der Waals surface area contributed by atoms with Gasteiger partial charge in [0.25, 0.3) is 0 Å². The van der Waals surface area contributed by atoms with E-state index in [-0.39, 0.29) is 18.3 Å². The standard InChI is InChI=1S/C23H25ClN4O4S/c1-16-3-4-17(13-20(16)24)28-21(14-32-19-7-5-18(30-2)6-8-19)25-26-23(28)33-15-22(29)27-9-11-31-12-10-27/h3-8,13H,9-12,14-15H2,1-2H3. The van der Waals surface area contributed by atoms with Gasteiger partial charge in [-0.05, 0) is 48.9 Å². The Morgan fingerprint density at radius 2 is 1.85 bits per heavy atom. The van der Waals surface area contributed by atoms with Crippen molar-refractivity contribution in [3.05, 3.63) is 58.9 Å². The molecule has 10 heteroatoms. The lowest BCUT2D eigenvalue weighted by Crippen LogP contribution is -2.41. The summed E-state index contributed by atoms with van der Waals surface area (Å²) in [5.74, 6) is 2.35. The van der Waals surface area contributed by atoms with Crippen molar-refractivity contribution < 1.29 is 19.0 Å². The highest BCUT2D eigenvalue weighted by Crippen LogP contribution is 2.27. The number of aryl methyl sites for hydroxylation is 1. The first-order valence-electron chi connectivity index (χ1n) is 10.5. The van der Waals surface area contributed by atoms with E-state index in [9.17, 15) is 4.79 Å².